The van der Waals surface area contributed by atoms with Crippen molar-refractivity contribution in [3.05, 3.63) is 63.5 Å². The summed E-state index contributed by atoms with van der Waals surface area (Å²) >= 11 is 11.5. The molecular weight excluding hydrogens is 378 g/mol. The van der Waals surface area contributed by atoms with Crippen molar-refractivity contribution in [3.63, 3.8) is 0 Å². The number of pyridine rings is 1. The smallest absolute Gasteiger partial charge is 0.321 e. The molecule has 0 unspecified atom stereocenters. The molecule has 0 saturated carbocycles. The van der Waals surface area contributed by atoms with E-state index in [4.69, 9.17) is 23.2 Å². The Balaban J connectivity index is 1.97. The van der Waals surface area contributed by atoms with E-state index in [1.807, 2.05) is 0 Å². The van der Waals surface area contributed by atoms with Crippen LogP contribution in [-0.4, -0.2) is 15.3 Å². The van der Waals surface area contributed by atoms with Crippen molar-refractivity contribution in [2.24, 2.45) is 0 Å². The number of aromatic nitrogens is 2. The first kappa shape index (κ1) is 17.6. The molecule has 0 radical (unpaired) electrons. The Bertz CT molecular complexity index is 983. The highest BCUT2D eigenvalue weighted by molar-refractivity contribution is 6.31. The number of fused-ring (bicyclic) bond motifs is 1. The van der Waals surface area contributed by atoms with Gasteiger partial charge in [-0.1, -0.05) is 23.2 Å². The topological polar surface area (TPSA) is 46.4 Å². The van der Waals surface area contributed by atoms with E-state index < -0.39 is 22.7 Å². The quantitative estimate of drug-likeness (QED) is 0.654. The van der Waals surface area contributed by atoms with Crippen LogP contribution < -0.4 is 5.32 Å². The molecular formula is C16H10Cl2F3N3O. The van der Waals surface area contributed by atoms with Gasteiger partial charge in [0.2, 0.25) is 0 Å². The highest BCUT2D eigenvalue weighted by Gasteiger charge is 2.33. The van der Waals surface area contributed by atoms with Crippen molar-refractivity contribution in [1.29, 1.82) is 0 Å². The van der Waals surface area contributed by atoms with Gasteiger partial charge in [0.1, 0.15) is 11.3 Å². The number of rotatable bonds is 2. The van der Waals surface area contributed by atoms with E-state index in [2.05, 4.69) is 10.3 Å². The molecule has 0 atom stereocenters. The summed E-state index contributed by atoms with van der Waals surface area (Å²) in [4.78, 5) is 16.7. The zero-order valence-electron chi connectivity index (χ0n) is 12.7. The van der Waals surface area contributed by atoms with Crippen LogP contribution in [0.25, 0.3) is 5.65 Å². The fourth-order valence-corrected chi connectivity index (χ4v) is 2.80. The second-order valence-electron chi connectivity index (χ2n) is 5.27. The maximum absolute atomic E-state index is 12.9. The Kier molecular flexibility index (Phi) is 4.38. The molecule has 0 fully saturated rings. The molecule has 0 bridgehead atoms. The Morgan fingerprint density at radius 3 is 2.60 bits per heavy atom. The van der Waals surface area contributed by atoms with Gasteiger partial charge in [-0.25, -0.2) is 4.98 Å². The maximum Gasteiger partial charge on any atom is 0.417 e. The molecule has 1 N–H and O–H groups in total. The second kappa shape index (κ2) is 6.24. The van der Waals surface area contributed by atoms with E-state index in [0.717, 1.165) is 12.1 Å². The van der Waals surface area contributed by atoms with E-state index in [0.29, 0.717) is 16.4 Å². The molecule has 3 aromatic rings. The fourth-order valence-electron chi connectivity index (χ4n) is 2.42. The maximum atomic E-state index is 12.9. The molecule has 0 aliphatic heterocycles. The molecule has 9 heteroatoms. The minimum absolute atomic E-state index is 0.0231. The molecule has 2 aromatic heterocycles. The first-order valence-electron chi connectivity index (χ1n) is 6.99. The predicted octanol–water partition coefficient (Wildman–Crippen LogP) is 5.22. The van der Waals surface area contributed by atoms with Gasteiger partial charge in [0.15, 0.2) is 0 Å². The fraction of sp³-hybridized carbons (Fsp3) is 0.125. The summed E-state index contributed by atoms with van der Waals surface area (Å²) in [5.41, 5.74) is 0.0424. The summed E-state index contributed by atoms with van der Waals surface area (Å²) in [7, 11) is 0. The molecule has 4 nitrogen and oxygen atoms in total. The lowest BCUT2D eigenvalue weighted by Crippen LogP contribution is -2.16. The predicted molar refractivity (Wildman–Crippen MR) is 89.3 cm³/mol. The number of hydrogen-bond acceptors (Lipinski definition) is 2. The van der Waals surface area contributed by atoms with E-state index in [1.54, 1.807) is 25.3 Å². The lowest BCUT2D eigenvalue weighted by molar-refractivity contribution is -0.137. The number of alkyl halides is 3. The minimum atomic E-state index is -4.62. The van der Waals surface area contributed by atoms with Gasteiger partial charge in [-0.2, -0.15) is 13.2 Å². The molecule has 0 aliphatic carbocycles. The number of nitrogens with zero attached hydrogens (tertiary/aromatic N) is 2. The van der Waals surface area contributed by atoms with Gasteiger partial charge >= 0.3 is 6.18 Å². The molecule has 3 rings (SSSR count). The summed E-state index contributed by atoms with van der Waals surface area (Å²) in [6, 6.07) is 6.33. The Morgan fingerprint density at radius 1 is 1.20 bits per heavy atom. The van der Waals surface area contributed by atoms with Gasteiger partial charge in [0.05, 0.1) is 16.3 Å². The number of amides is 1. The summed E-state index contributed by atoms with van der Waals surface area (Å²) in [6.45, 7) is 1.62. The average Bonchev–Trinajstić information content (AvgIpc) is 2.83. The first-order chi connectivity index (χ1) is 11.7. The number of nitrogens with one attached hydrogen (secondary N) is 1. The summed E-state index contributed by atoms with van der Waals surface area (Å²) in [5, 5.41) is 2.46. The summed E-state index contributed by atoms with van der Waals surface area (Å²) in [6.07, 6.45) is -3.05. The third kappa shape index (κ3) is 3.43. The van der Waals surface area contributed by atoms with Crippen molar-refractivity contribution < 1.29 is 18.0 Å². The third-order valence-electron chi connectivity index (χ3n) is 3.51. The van der Waals surface area contributed by atoms with Crippen LogP contribution in [0.4, 0.5) is 18.9 Å². The first-order valence-corrected chi connectivity index (χ1v) is 7.74. The van der Waals surface area contributed by atoms with Crippen LogP contribution in [0.2, 0.25) is 10.0 Å². The number of carbonyl (C=O) groups is 1. The molecule has 1 aromatic carbocycles. The zero-order chi connectivity index (χ0) is 18.4. The van der Waals surface area contributed by atoms with Gasteiger partial charge in [-0.15, -0.1) is 0 Å². The molecule has 130 valence electrons. The van der Waals surface area contributed by atoms with Crippen LogP contribution in [0.1, 0.15) is 21.7 Å². The largest absolute Gasteiger partial charge is 0.417 e. The van der Waals surface area contributed by atoms with Crippen molar-refractivity contribution >= 4 is 40.4 Å². The molecule has 0 saturated heterocycles. The molecule has 2 heterocycles. The number of hydrogen-bond donors (Lipinski definition) is 1. The standard InChI is InChI=1S/C16H10Cl2F3N3O/c1-8-14(24-5-4-9(17)6-13(24)22-8)15(25)23-10-2-3-12(18)11(7-10)16(19,20)21/h2-7H,1H3,(H,23,25). The number of imidazole rings is 1. The number of benzene rings is 1. The van der Waals surface area contributed by atoms with Crippen LogP contribution >= 0.6 is 23.2 Å². The molecule has 0 aliphatic rings. The van der Waals surface area contributed by atoms with Crippen LogP contribution in [0.5, 0.6) is 0 Å². The number of halogens is 5. The van der Waals surface area contributed by atoms with Crippen LogP contribution in [0.15, 0.2) is 36.5 Å². The van der Waals surface area contributed by atoms with Crippen molar-refractivity contribution in [3.8, 4) is 0 Å². The highest BCUT2D eigenvalue weighted by Crippen LogP contribution is 2.36. The van der Waals surface area contributed by atoms with Gasteiger partial charge < -0.3 is 5.32 Å². The number of anilines is 1. The van der Waals surface area contributed by atoms with E-state index >= 15 is 0 Å². The number of aryl methyl sites for hydroxylation is 1. The SMILES string of the molecule is Cc1nc2cc(Cl)ccn2c1C(=O)Nc1ccc(Cl)c(C(F)(F)F)c1. The van der Waals surface area contributed by atoms with Gasteiger partial charge in [0, 0.05) is 23.0 Å². The Morgan fingerprint density at radius 2 is 1.92 bits per heavy atom. The summed E-state index contributed by atoms with van der Waals surface area (Å²) < 4.78 is 40.3. The molecule has 0 spiro atoms. The monoisotopic (exact) mass is 387 g/mol. The normalized spacial score (nSPS) is 11.8. The van der Waals surface area contributed by atoms with Crippen molar-refractivity contribution in [2.45, 2.75) is 13.1 Å². The van der Waals surface area contributed by atoms with Gasteiger partial charge in [-0.3, -0.25) is 9.20 Å². The van der Waals surface area contributed by atoms with Crippen LogP contribution in [-0.2, 0) is 6.18 Å². The zero-order valence-corrected chi connectivity index (χ0v) is 14.2. The van der Waals surface area contributed by atoms with Crippen molar-refractivity contribution in [2.75, 3.05) is 5.32 Å². The second-order valence-corrected chi connectivity index (χ2v) is 6.11. The molecule has 1 amide bonds. The average molecular weight is 388 g/mol. The van der Waals surface area contributed by atoms with E-state index in [1.165, 1.54) is 10.5 Å². The lowest BCUT2D eigenvalue weighted by Gasteiger charge is -2.12. The third-order valence-corrected chi connectivity index (χ3v) is 4.07. The van der Waals surface area contributed by atoms with Gasteiger partial charge in [0.25, 0.3) is 5.91 Å². The minimum Gasteiger partial charge on any atom is -0.321 e. The highest BCUT2D eigenvalue weighted by atomic mass is 35.5. The van der Waals surface area contributed by atoms with E-state index in [-0.39, 0.29) is 11.4 Å². The van der Waals surface area contributed by atoms with Crippen LogP contribution in [0, 0.1) is 6.92 Å². The Hall–Kier alpha value is -2.25. The summed E-state index contributed by atoms with van der Waals surface area (Å²) in [5.74, 6) is -0.595. The Labute approximate surface area is 150 Å². The van der Waals surface area contributed by atoms with Gasteiger partial charge in [-0.05, 0) is 31.2 Å². The number of carbonyl (C=O) groups excluding carboxylic acids is 1. The van der Waals surface area contributed by atoms with E-state index in [9.17, 15) is 18.0 Å². The van der Waals surface area contributed by atoms with Crippen molar-refractivity contribution in [1.82, 2.24) is 9.38 Å². The lowest BCUT2D eigenvalue weighted by atomic mass is 10.2. The molecule has 25 heavy (non-hydrogen) atoms. The van der Waals surface area contributed by atoms with Crippen LogP contribution in [0.3, 0.4) is 0 Å².